The average molecular weight is 295 g/mol. The van der Waals surface area contributed by atoms with Crippen LogP contribution in [-0.4, -0.2) is 34.1 Å². The Morgan fingerprint density at radius 1 is 1.50 bits per heavy atom. The zero-order valence-corrected chi connectivity index (χ0v) is 12.0. The summed E-state index contributed by atoms with van der Waals surface area (Å²) in [5.41, 5.74) is 0.508. The Kier molecular flexibility index (Phi) is 3.47. The zero-order valence-electron chi connectivity index (χ0n) is 11.2. The molecular weight excluding hydrogens is 278 g/mol. The van der Waals surface area contributed by atoms with Crippen LogP contribution in [0.25, 0.3) is 0 Å². The second-order valence-electron chi connectivity index (χ2n) is 5.43. The highest BCUT2D eigenvalue weighted by atomic mass is 32.1. The Labute approximate surface area is 120 Å². The molecule has 3 N–H and O–H groups in total. The number of thiazole rings is 1. The molecule has 0 aliphatic carbocycles. The predicted molar refractivity (Wildman–Crippen MR) is 73.7 cm³/mol. The minimum atomic E-state index is -0.963. The van der Waals surface area contributed by atoms with Gasteiger partial charge in [0.1, 0.15) is 9.88 Å². The molecule has 20 heavy (non-hydrogen) atoms. The fourth-order valence-electron chi connectivity index (χ4n) is 3.13. The summed E-state index contributed by atoms with van der Waals surface area (Å²) in [7, 11) is 0. The third-order valence-electron chi connectivity index (χ3n) is 4.09. The van der Waals surface area contributed by atoms with E-state index in [0.717, 1.165) is 24.2 Å². The molecule has 1 amide bonds. The number of hydrogen-bond donors (Lipinski definition) is 3. The second kappa shape index (κ2) is 5.14. The van der Waals surface area contributed by atoms with Crippen LogP contribution in [0.1, 0.15) is 39.6 Å². The third-order valence-corrected chi connectivity index (χ3v) is 5.23. The van der Waals surface area contributed by atoms with Gasteiger partial charge in [-0.25, -0.2) is 9.78 Å². The van der Waals surface area contributed by atoms with E-state index in [2.05, 4.69) is 15.6 Å². The predicted octanol–water partition coefficient (Wildman–Crippen LogP) is 0.906. The fourth-order valence-corrected chi connectivity index (χ4v) is 3.98. The number of carbonyl (C=O) groups excluding carboxylic acids is 1. The largest absolute Gasteiger partial charge is 0.477 e. The summed E-state index contributed by atoms with van der Waals surface area (Å²) in [6, 6.07) is 0.809. The van der Waals surface area contributed by atoms with E-state index in [4.69, 9.17) is 5.11 Å². The van der Waals surface area contributed by atoms with Gasteiger partial charge in [0.25, 0.3) is 0 Å². The number of amides is 1. The summed E-state index contributed by atoms with van der Waals surface area (Å²) >= 11 is 1.13. The number of aryl methyl sites for hydroxylation is 1. The molecule has 2 saturated heterocycles. The van der Waals surface area contributed by atoms with Crippen LogP contribution in [0.4, 0.5) is 0 Å². The molecule has 0 saturated carbocycles. The van der Waals surface area contributed by atoms with Crippen molar-refractivity contribution in [3.63, 3.8) is 0 Å². The van der Waals surface area contributed by atoms with Crippen LogP contribution < -0.4 is 10.6 Å². The van der Waals surface area contributed by atoms with E-state index in [-0.39, 0.29) is 16.7 Å². The van der Waals surface area contributed by atoms with Crippen molar-refractivity contribution >= 4 is 23.2 Å². The average Bonchev–Trinajstić information content (AvgIpc) is 3.10. The molecule has 6 nitrogen and oxygen atoms in total. The molecular formula is C13H17N3O3S. The monoisotopic (exact) mass is 295 g/mol. The van der Waals surface area contributed by atoms with Gasteiger partial charge in [0.05, 0.1) is 18.2 Å². The Balaban J connectivity index is 1.58. The van der Waals surface area contributed by atoms with Crippen LogP contribution in [-0.2, 0) is 11.3 Å². The van der Waals surface area contributed by atoms with Crippen molar-refractivity contribution in [2.45, 2.75) is 44.8 Å². The molecule has 3 atom stereocenters. The van der Waals surface area contributed by atoms with E-state index >= 15 is 0 Å². The summed E-state index contributed by atoms with van der Waals surface area (Å²) in [4.78, 5) is 27.5. The number of carbonyl (C=O) groups is 2. The maximum Gasteiger partial charge on any atom is 0.347 e. The molecule has 2 aliphatic heterocycles. The van der Waals surface area contributed by atoms with Crippen LogP contribution in [0.15, 0.2) is 0 Å². The summed E-state index contributed by atoms with van der Waals surface area (Å²) in [5, 5.41) is 15.9. The van der Waals surface area contributed by atoms with Crippen LogP contribution in [0.2, 0.25) is 0 Å². The lowest BCUT2D eigenvalue weighted by Crippen LogP contribution is -2.37. The maximum atomic E-state index is 12.1. The van der Waals surface area contributed by atoms with E-state index in [1.807, 2.05) is 0 Å². The first-order valence-electron chi connectivity index (χ1n) is 6.78. The van der Waals surface area contributed by atoms with Gasteiger partial charge in [-0.15, -0.1) is 11.3 Å². The van der Waals surface area contributed by atoms with Crippen molar-refractivity contribution in [3.8, 4) is 0 Å². The molecule has 108 valence electrons. The van der Waals surface area contributed by atoms with Crippen molar-refractivity contribution in [2.24, 2.45) is 5.92 Å². The van der Waals surface area contributed by atoms with Crippen LogP contribution in [0, 0.1) is 12.8 Å². The number of fused-ring (bicyclic) bond motifs is 2. The Morgan fingerprint density at radius 2 is 2.30 bits per heavy atom. The van der Waals surface area contributed by atoms with Gasteiger partial charge in [-0.2, -0.15) is 0 Å². The lowest BCUT2D eigenvalue weighted by atomic mass is 9.88. The number of aromatic nitrogens is 1. The van der Waals surface area contributed by atoms with Crippen molar-refractivity contribution < 1.29 is 14.7 Å². The maximum absolute atomic E-state index is 12.1. The van der Waals surface area contributed by atoms with Crippen molar-refractivity contribution in [1.29, 1.82) is 0 Å². The highest BCUT2D eigenvalue weighted by molar-refractivity contribution is 7.13. The molecule has 2 aliphatic rings. The molecule has 3 unspecified atom stereocenters. The standard InChI is InChI=1S/C13H17N3O3S/c1-6-11(13(18)19)20-10(15-6)5-14-12(17)8-4-7-2-3-9(8)16-7/h7-9,16H,2-5H2,1H3,(H,14,17)(H,18,19). The fraction of sp³-hybridized carbons (Fsp3) is 0.615. The first kappa shape index (κ1) is 13.5. The quantitative estimate of drug-likeness (QED) is 0.768. The van der Waals surface area contributed by atoms with E-state index in [1.165, 1.54) is 6.42 Å². The van der Waals surface area contributed by atoms with Gasteiger partial charge < -0.3 is 15.7 Å². The van der Waals surface area contributed by atoms with Gasteiger partial charge in [-0.3, -0.25) is 4.79 Å². The molecule has 2 fully saturated rings. The number of hydrogen-bond acceptors (Lipinski definition) is 5. The van der Waals surface area contributed by atoms with Gasteiger partial charge in [0.15, 0.2) is 0 Å². The SMILES string of the molecule is Cc1nc(CNC(=O)C2CC3CCC2N3)sc1C(=O)O. The smallest absolute Gasteiger partial charge is 0.347 e. The summed E-state index contributed by atoms with van der Waals surface area (Å²) in [6.45, 7) is 1.98. The van der Waals surface area contributed by atoms with E-state index in [1.54, 1.807) is 6.92 Å². The van der Waals surface area contributed by atoms with Gasteiger partial charge in [0, 0.05) is 12.1 Å². The second-order valence-corrected chi connectivity index (χ2v) is 6.52. The lowest BCUT2D eigenvalue weighted by molar-refractivity contribution is -0.125. The van der Waals surface area contributed by atoms with Gasteiger partial charge in [-0.05, 0) is 26.2 Å². The highest BCUT2D eigenvalue weighted by Gasteiger charge is 2.42. The van der Waals surface area contributed by atoms with Crippen molar-refractivity contribution in [2.75, 3.05) is 0 Å². The minimum Gasteiger partial charge on any atom is -0.477 e. The van der Waals surface area contributed by atoms with E-state index in [0.29, 0.717) is 29.3 Å². The number of nitrogens with one attached hydrogen (secondary N) is 2. The Morgan fingerprint density at radius 3 is 2.85 bits per heavy atom. The molecule has 3 rings (SSSR count). The van der Waals surface area contributed by atoms with Crippen LogP contribution in [0.3, 0.4) is 0 Å². The summed E-state index contributed by atoms with van der Waals surface area (Å²) in [6.07, 6.45) is 3.15. The van der Waals surface area contributed by atoms with Gasteiger partial charge in [0.2, 0.25) is 5.91 Å². The van der Waals surface area contributed by atoms with Crippen molar-refractivity contribution in [3.05, 3.63) is 15.6 Å². The summed E-state index contributed by atoms with van der Waals surface area (Å²) in [5.74, 6) is -0.863. The Hall–Kier alpha value is -1.47. The molecule has 3 heterocycles. The molecule has 1 aromatic heterocycles. The minimum absolute atomic E-state index is 0.0498. The van der Waals surface area contributed by atoms with Crippen LogP contribution >= 0.6 is 11.3 Å². The lowest BCUT2D eigenvalue weighted by Gasteiger charge is -2.18. The number of aromatic carboxylic acids is 1. The topological polar surface area (TPSA) is 91.3 Å². The van der Waals surface area contributed by atoms with Crippen LogP contribution in [0.5, 0.6) is 0 Å². The normalized spacial score (nSPS) is 27.8. The third kappa shape index (κ3) is 2.43. The van der Waals surface area contributed by atoms with E-state index < -0.39 is 5.97 Å². The van der Waals surface area contributed by atoms with Gasteiger partial charge >= 0.3 is 5.97 Å². The Bertz CT molecular complexity index is 557. The molecule has 0 aromatic carbocycles. The molecule has 1 aromatic rings. The number of carboxylic acid groups (broad SMARTS) is 1. The zero-order chi connectivity index (χ0) is 14.3. The number of rotatable bonds is 4. The summed E-state index contributed by atoms with van der Waals surface area (Å²) < 4.78 is 0. The highest BCUT2D eigenvalue weighted by Crippen LogP contribution is 2.33. The molecule has 0 radical (unpaired) electrons. The molecule has 7 heteroatoms. The van der Waals surface area contributed by atoms with Gasteiger partial charge in [-0.1, -0.05) is 0 Å². The first-order valence-corrected chi connectivity index (χ1v) is 7.59. The van der Waals surface area contributed by atoms with E-state index in [9.17, 15) is 9.59 Å². The molecule has 0 spiro atoms. The number of carboxylic acids is 1. The molecule has 2 bridgehead atoms. The van der Waals surface area contributed by atoms with Crippen molar-refractivity contribution in [1.82, 2.24) is 15.6 Å². The first-order chi connectivity index (χ1) is 9.54. The number of nitrogens with zero attached hydrogens (tertiary/aromatic N) is 1.